The minimum atomic E-state index is -1.27. The Hall–Kier alpha value is -3.07. The molecule has 0 radical (unpaired) electrons. The lowest BCUT2D eigenvalue weighted by Crippen LogP contribution is -2.29. The normalized spacial score (nSPS) is 12.9. The number of hydrogen-bond acceptors (Lipinski definition) is 12. The van der Waals surface area contributed by atoms with Gasteiger partial charge in [-0.2, -0.15) is 4.98 Å². The highest BCUT2D eigenvalue weighted by Gasteiger charge is 2.25. The van der Waals surface area contributed by atoms with Gasteiger partial charge in [0.2, 0.25) is 5.95 Å². The van der Waals surface area contributed by atoms with E-state index < -0.39 is 36.4 Å². The Morgan fingerprint density at radius 2 is 2.00 bits per heavy atom. The first-order valence-corrected chi connectivity index (χ1v) is 11.6. The molecule has 0 aliphatic heterocycles. The summed E-state index contributed by atoms with van der Waals surface area (Å²) in [5, 5.41) is 19.4. The van der Waals surface area contributed by atoms with E-state index in [0.717, 1.165) is 27.2 Å². The van der Waals surface area contributed by atoms with E-state index in [1.165, 1.54) is 12.5 Å². The Morgan fingerprint density at radius 3 is 2.62 bits per heavy atom. The third kappa shape index (κ3) is 5.52. The van der Waals surface area contributed by atoms with Crippen molar-refractivity contribution in [2.24, 2.45) is 10.4 Å². The van der Waals surface area contributed by atoms with Crippen molar-refractivity contribution in [3.05, 3.63) is 30.3 Å². The Morgan fingerprint density at radius 1 is 1.29 bits per heavy atom. The lowest BCUT2D eigenvalue weighted by atomic mass is 9.98. The number of nitrogens with zero attached hydrogens (tertiary/aromatic N) is 6. The number of aliphatic imine (C=N–C) groups is 1. The van der Waals surface area contributed by atoms with Crippen molar-refractivity contribution in [3.8, 4) is 10.6 Å². The molecule has 0 fully saturated rings. The van der Waals surface area contributed by atoms with Crippen molar-refractivity contribution in [1.29, 1.82) is 0 Å². The van der Waals surface area contributed by atoms with Crippen LogP contribution in [-0.4, -0.2) is 67.6 Å². The molecule has 182 valence electrons. The second kappa shape index (κ2) is 10.0. The number of esters is 1. The van der Waals surface area contributed by atoms with E-state index in [-0.39, 0.29) is 31.7 Å². The van der Waals surface area contributed by atoms with Crippen molar-refractivity contribution in [3.63, 3.8) is 0 Å². The topological polar surface area (TPSA) is 160 Å². The number of rotatable bonds is 7. The van der Waals surface area contributed by atoms with Gasteiger partial charge in [-0.1, -0.05) is 22.7 Å². The molecular formula is C20H24N6O6S2. The molecule has 12 nitrogen and oxygen atoms in total. The molecule has 1 unspecified atom stereocenters. The molecule has 34 heavy (non-hydrogen) atoms. The van der Waals surface area contributed by atoms with E-state index in [1.807, 2.05) is 0 Å². The van der Waals surface area contributed by atoms with Crippen LogP contribution in [0.25, 0.3) is 21.7 Å². The van der Waals surface area contributed by atoms with E-state index in [2.05, 4.69) is 19.9 Å². The van der Waals surface area contributed by atoms with Crippen LogP contribution in [0.15, 0.2) is 20.8 Å². The van der Waals surface area contributed by atoms with Crippen LogP contribution in [0.5, 0.6) is 0 Å². The van der Waals surface area contributed by atoms with Crippen molar-refractivity contribution in [2.45, 2.75) is 33.6 Å². The van der Waals surface area contributed by atoms with Crippen LogP contribution < -0.4 is 9.62 Å². The number of aliphatic hydroxyl groups excluding tert-OH is 2. The average Bonchev–Trinajstić information content (AvgIpc) is 3.17. The zero-order valence-electron chi connectivity index (χ0n) is 19.2. The maximum atomic E-state index is 13.3. The number of ether oxygens (including phenoxy) is 1. The molecule has 14 heteroatoms. The van der Waals surface area contributed by atoms with Crippen LogP contribution in [0.3, 0.4) is 0 Å². The summed E-state index contributed by atoms with van der Waals surface area (Å²) in [5.74, 6) is -0.556. The van der Waals surface area contributed by atoms with E-state index >= 15 is 0 Å². The summed E-state index contributed by atoms with van der Waals surface area (Å²) in [6.45, 7) is 4.03. The monoisotopic (exact) mass is 508 g/mol. The molecule has 0 aromatic carbocycles. The number of carbonyl (C=O) groups excluding carboxylic acids is 1. The highest BCUT2D eigenvalue weighted by Crippen LogP contribution is 2.33. The molecule has 1 atom stereocenters. The van der Waals surface area contributed by atoms with Gasteiger partial charge in [-0.3, -0.25) is 14.4 Å². The van der Waals surface area contributed by atoms with Gasteiger partial charge in [-0.15, -0.1) is 0 Å². The molecule has 2 N–H and O–H groups in total. The van der Waals surface area contributed by atoms with Gasteiger partial charge in [-0.25, -0.2) is 19.5 Å². The number of aliphatic hydroxyl groups is 2. The number of aromatic nitrogens is 4. The van der Waals surface area contributed by atoms with Gasteiger partial charge < -0.3 is 19.8 Å². The van der Waals surface area contributed by atoms with Gasteiger partial charge in [0.1, 0.15) is 11.8 Å². The zero-order chi connectivity index (χ0) is 25.2. The molecular weight excluding hydrogens is 484 g/mol. The van der Waals surface area contributed by atoms with Crippen molar-refractivity contribution in [1.82, 2.24) is 24.4 Å². The Labute approximate surface area is 201 Å². The second-order valence-electron chi connectivity index (χ2n) is 8.44. The summed E-state index contributed by atoms with van der Waals surface area (Å²) in [5.41, 5.74) is -1.40. The minimum absolute atomic E-state index is 0.00453. The van der Waals surface area contributed by atoms with Gasteiger partial charge in [0.15, 0.2) is 17.9 Å². The zero-order valence-corrected chi connectivity index (χ0v) is 20.8. The summed E-state index contributed by atoms with van der Waals surface area (Å²) in [4.78, 5) is 56.7. The quantitative estimate of drug-likeness (QED) is 0.269. The third-order valence-electron chi connectivity index (χ3n) is 4.30. The third-order valence-corrected chi connectivity index (χ3v) is 6.59. The fourth-order valence-corrected chi connectivity index (χ4v) is 4.71. The average molecular weight is 509 g/mol. The standard InChI is InChI=1S/C20H24N6O6S2/c1-20(2,3)17(30)32-9-26-16(29)12-15(24-18(26)22-8-25(4)5)21-6-10(23-12)13-14(11(28)7-27)34-19(31)33-13/h6,8,11,27-28H,7,9H2,1-5H3/b22-8+. The van der Waals surface area contributed by atoms with E-state index in [9.17, 15) is 24.6 Å². The molecule has 0 spiro atoms. The predicted octanol–water partition coefficient (Wildman–Crippen LogP) is 1.13. The highest BCUT2D eigenvalue weighted by molar-refractivity contribution is 7.29. The van der Waals surface area contributed by atoms with Crippen LogP contribution in [0.1, 0.15) is 31.8 Å². The lowest BCUT2D eigenvalue weighted by molar-refractivity contribution is -0.157. The number of fused-ring (bicyclic) bond motifs is 1. The number of hydrogen-bond donors (Lipinski definition) is 2. The van der Waals surface area contributed by atoms with Crippen LogP contribution in [-0.2, 0) is 16.3 Å². The Kier molecular flexibility index (Phi) is 7.55. The van der Waals surface area contributed by atoms with E-state index in [0.29, 0.717) is 4.88 Å². The first-order chi connectivity index (χ1) is 15.9. The largest absolute Gasteiger partial charge is 0.443 e. The van der Waals surface area contributed by atoms with Crippen LogP contribution in [0, 0.1) is 5.41 Å². The molecule has 0 amide bonds. The summed E-state index contributed by atoms with van der Waals surface area (Å²) >= 11 is 1.61. The van der Waals surface area contributed by atoms with Crippen LogP contribution >= 0.6 is 22.7 Å². The van der Waals surface area contributed by atoms with Gasteiger partial charge in [0.05, 0.1) is 34.3 Å². The molecule has 3 heterocycles. The van der Waals surface area contributed by atoms with Gasteiger partial charge >= 0.3 is 5.97 Å². The molecule has 0 saturated heterocycles. The first kappa shape index (κ1) is 25.6. The van der Waals surface area contributed by atoms with Crippen molar-refractivity contribution < 1.29 is 19.7 Å². The molecule has 0 bridgehead atoms. The van der Waals surface area contributed by atoms with E-state index in [4.69, 9.17) is 4.74 Å². The fraction of sp³-hybridized carbons (Fsp3) is 0.450. The molecule has 0 saturated carbocycles. The smallest absolute Gasteiger partial charge is 0.312 e. The van der Waals surface area contributed by atoms with Crippen molar-refractivity contribution >= 4 is 52.1 Å². The molecule has 3 aromatic heterocycles. The van der Waals surface area contributed by atoms with Gasteiger partial charge in [0.25, 0.3) is 9.62 Å². The summed E-state index contributed by atoms with van der Waals surface area (Å²) < 4.78 is 6.05. The summed E-state index contributed by atoms with van der Waals surface area (Å²) in [6.07, 6.45) is 1.48. The molecule has 0 aliphatic rings. The van der Waals surface area contributed by atoms with E-state index in [1.54, 1.807) is 39.8 Å². The molecule has 3 aromatic rings. The predicted molar refractivity (Wildman–Crippen MR) is 128 cm³/mol. The maximum Gasteiger partial charge on any atom is 0.312 e. The SMILES string of the molecule is CN(C)/C=N/c1nc2ncc(-c3sc(=O)sc3C(O)CO)nc2c(=O)n1COC(=O)C(C)(C)C. The molecule has 3 rings (SSSR count). The summed E-state index contributed by atoms with van der Waals surface area (Å²) in [7, 11) is 3.48. The maximum absolute atomic E-state index is 13.3. The van der Waals surface area contributed by atoms with Crippen LogP contribution in [0.4, 0.5) is 5.95 Å². The van der Waals surface area contributed by atoms with Crippen LogP contribution in [0.2, 0.25) is 0 Å². The second-order valence-corrected chi connectivity index (χ2v) is 10.7. The Bertz CT molecular complexity index is 1350. The number of carbonyl (C=O) groups is 1. The summed E-state index contributed by atoms with van der Waals surface area (Å²) in [6, 6.07) is 0. The first-order valence-electron chi connectivity index (χ1n) is 10.0. The highest BCUT2D eigenvalue weighted by atomic mass is 32.2. The molecule has 0 aliphatic carbocycles. The minimum Gasteiger partial charge on any atom is -0.443 e. The van der Waals surface area contributed by atoms with Gasteiger partial charge in [-0.05, 0) is 20.8 Å². The lowest BCUT2D eigenvalue weighted by Gasteiger charge is -2.18. The van der Waals surface area contributed by atoms with Crippen molar-refractivity contribution in [2.75, 3.05) is 20.7 Å². The van der Waals surface area contributed by atoms with Gasteiger partial charge in [0, 0.05) is 14.1 Å². The Balaban J connectivity index is 2.16. The fourth-order valence-electron chi connectivity index (χ4n) is 2.58.